The molecule has 0 aliphatic carbocycles. The van der Waals surface area contributed by atoms with Gasteiger partial charge < -0.3 is 19.1 Å². The molecule has 0 unspecified atom stereocenters. The van der Waals surface area contributed by atoms with Crippen LogP contribution in [0.25, 0.3) is 55.7 Å². The Morgan fingerprint density at radius 2 is 1.37 bits per heavy atom. The van der Waals surface area contributed by atoms with E-state index in [0.717, 1.165) is 61.1 Å². The van der Waals surface area contributed by atoms with E-state index in [1.165, 1.54) is 5.56 Å². The van der Waals surface area contributed by atoms with Crippen LogP contribution in [-0.2, 0) is 37.3 Å². The number of pyridine rings is 1. The van der Waals surface area contributed by atoms with Gasteiger partial charge in [-0.3, -0.25) is 0 Å². The number of imidazole rings is 1. The zero-order valence-electron chi connectivity index (χ0n) is 34.1. The number of benzene rings is 5. The maximum Gasteiger partial charge on any atom is 2.00 e. The molecule has 0 radical (unpaired) electrons. The Morgan fingerprint density at radius 3 is 2.09 bits per heavy atom. The average molecular weight is 933 g/mol. The Labute approximate surface area is 350 Å². The molecule has 290 valence electrons. The summed E-state index contributed by atoms with van der Waals surface area (Å²) in [6.07, 6.45) is 7.26. The van der Waals surface area contributed by atoms with Crippen molar-refractivity contribution in [2.75, 3.05) is 0 Å². The second kappa shape index (κ2) is 14.8. The van der Waals surface area contributed by atoms with Crippen LogP contribution in [0.1, 0.15) is 79.0 Å². The van der Waals surface area contributed by atoms with Crippen LogP contribution >= 0.6 is 0 Å². The predicted octanol–water partition coefficient (Wildman–Crippen LogP) is 11.6. The molecule has 0 spiro atoms. The fraction of sp³-hybridized carbons (Fsp3) is 0.240. The van der Waals surface area contributed by atoms with Gasteiger partial charge in [-0.15, -0.1) is 22.9 Å². The van der Waals surface area contributed by atoms with Crippen LogP contribution in [0.15, 0.2) is 128 Å². The summed E-state index contributed by atoms with van der Waals surface area (Å²) in [5.41, 5.74) is 9.95. The van der Waals surface area contributed by atoms with Gasteiger partial charge >= 0.3 is 21.1 Å². The molecule has 0 saturated carbocycles. The van der Waals surface area contributed by atoms with Gasteiger partial charge in [-0.1, -0.05) is 147 Å². The van der Waals surface area contributed by atoms with Gasteiger partial charge in [0.2, 0.25) is 0 Å². The number of hydrogen-bond acceptors (Lipinski definition) is 3. The van der Waals surface area contributed by atoms with E-state index in [2.05, 4.69) is 158 Å². The Hall–Kier alpha value is -5.45. The summed E-state index contributed by atoms with van der Waals surface area (Å²) in [6.45, 7) is 19.7. The van der Waals surface area contributed by atoms with Gasteiger partial charge in [0.1, 0.15) is 11.4 Å². The number of nitrogens with zero attached hydrogens (tertiary/aromatic N) is 4. The zero-order chi connectivity index (χ0) is 39.6. The van der Waals surface area contributed by atoms with Crippen LogP contribution in [-0.4, -0.2) is 19.2 Å². The fourth-order valence-electron chi connectivity index (χ4n) is 7.42. The molecule has 0 aliphatic heterocycles. The first-order valence-electron chi connectivity index (χ1n) is 19.3. The molecule has 8 aromatic rings. The SMILES string of the molecule is CC(C)(C)c1ccc(-c2c[n+](Oc3[c-]c(-n4c5ccccc5c5cccnc54)ccc3)[c-]n2-c2cc(C(C)(C)C)cc(C(C)(C)C)c2O)c(-c2ccccc2)c1.[Pt+2]. The quantitative estimate of drug-likeness (QED) is 0.134. The maximum absolute atomic E-state index is 12.2. The largest absolute Gasteiger partial charge is 2.00 e. The molecule has 8 rings (SSSR count). The summed E-state index contributed by atoms with van der Waals surface area (Å²) in [5, 5.41) is 14.4. The molecular formula is C50H49N4O2Pt+. The first-order chi connectivity index (χ1) is 26.6. The molecule has 6 nitrogen and oxygen atoms in total. The van der Waals surface area contributed by atoms with Crippen LogP contribution in [0.4, 0.5) is 0 Å². The van der Waals surface area contributed by atoms with Crippen molar-refractivity contribution in [3.63, 3.8) is 0 Å². The van der Waals surface area contributed by atoms with E-state index in [9.17, 15) is 5.11 Å². The van der Waals surface area contributed by atoms with Crippen molar-refractivity contribution in [3.05, 3.63) is 157 Å². The Balaban J connectivity index is 0.00000496. The van der Waals surface area contributed by atoms with Gasteiger partial charge in [-0.2, -0.15) is 6.07 Å². The van der Waals surface area contributed by atoms with Crippen molar-refractivity contribution < 1.29 is 35.7 Å². The number of rotatable bonds is 6. The van der Waals surface area contributed by atoms with Crippen molar-refractivity contribution in [2.45, 2.75) is 78.6 Å². The van der Waals surface area contributed by atoms with E-state index < -0.39 is 0 Å². The molecule has 7 heteroatoms. The van der Waals surface area contributed by atoms with Crippen LogP contribution in [0.2, 0.25) is 0 Å². The van der Waals surface area contributed by atoms with E-state index in [1.807, 2.05) is 53.4 Å². The average Bonchev–Trinajstić information content (AvgIpc) is 3.73. The number of phenols is 1. The number of para-hydroxylation sites is 1. The molecule has 57 heavy (non-hydrogen) atoms. The maximum atomic E-state index is 12.2. The van der Waals surface area contributed by atoms with E-state index in [-0.39, 0.29) is 43.1 Å². The predicted molar refractivity (Wildman–Crippen MR) is 227 cm³/mol. The topological polar surface area (TPSA) is 56.1 Å². The standard InChI is InChI=1S/C50H49N4O2.Pt/c1-48(2,3)34-24-25-39(41(27-34)33-17-11-10-12-18-33)45-31-52(32-53(45)44-29-35(49(4,5)6)28-42(46(44)55)50(7,8)9)56-37-20-15-19-36(30-37)54-43-23-14-13-21-38(43)40-22-16-26-51-47(40)54;/h10-29,31,55H,1-9H3;/q-1;+2. The fourth-order valence-corrected chi connectivity index (χ4v) is 7.42. The molecule has 0 bridgehead atoms. The summed E-state index contributed by atoms with van der Waals surface area (Å²) in [7, 11) is 0. The summed E-state index contributed by atoms with van der Waals surface area (Å²) >= 11 is 0. The van der Waals surface area contributed by atoms with Crippen LogP contribution in [0.5, 0.6) is 11.5 Å². The van der Waals surface area contributed by atoms with E-state index in [1.54, 1.807) is 4.73 Å². The Kier molecular flexibility index (Phi) is 10.3. The third-order valence-corrected chi connectivity index (χ3v) is 10.6. The number of aromatic nitrogens is 4. The minimum Gasteiger partial charge on any atom is -0.513 e. The van der Waals surface area contributed by atoms with Crippen molar-refractivity contribution in [1.29, 1.82) is 0 Å². The molecule has 0 saturated heterocycles. The molecule has 0 atom stereocenters. The summed E-state index contributed by atoms with van der Waals surface area (Å²) < 4.78 is 5.66. The van der Waals surface area contributed by atoms with Gasteiger partial charge in [0.05, 0.1) is 28.8 Å². The minimum atomic E-state index is -0.319. The van der Waals surface area contributed by atoms with Crippen molar-refractivity contribution in [1.82, 2.24) is 14.1 Å². The monoisotopic (exact) mass is 932 g/mol. The normalized spacial score (nSPS) is 12.2. The van der Waals surface area contributed by atoms with Crippen molar-refractivity contribution in [3.8, 4) is 45.3 Å². The second-order valence-corrected chi connectivity index (χ2v) is 17.8. The van der Waals surface area contributed by atoms with Gasteiger partial charge in [-0.05, 0) is 67.8 Å². The van der Waals surface area contributed by atoms with Crippen LogP contribution in [0.3, 0.4) is 0 Å². The van der Waals surface area contributed by atoms with Gasteiger partial charge in [0.15, 0.2) is 0 Å². The third-order valence-electron chi connectivity index (χ3n) is 10.6. The molecule has 0 fully saturated rings. The number of hydrogen-bond donors (Lipinski definition) is 1. The third kappa shape index (κ3) is 7.56. The van der Waals surface area contributed by atoms with Crippen LogP contribution < -0.4 is 9.57 Å². The molecule has 1 N–H and O–H groups in total. The van der Waals surface area contributed by atoms with E-state index in [4.69, 9.17) is 9.82 Å². The van der Waals surface area contributed by atoms with Crippen molar-refractivity contribution in [2.24, 2.45) is 0 Å². The van der Waals surface area contributed by atoms with Gasteiger partial charge in [-0.25, -0.2) is 4.98 Å². The molecule has 3 heterocycles. The Bertz CT molecular complexity index is 2690. The van der Waals surface area contributed by atoms with E-state index in [0.29, 0.717) is 11.4 Å². The molecule has 3 aromatic heterocycles. The smallest absolute Gasteiger partial charge is 0.513 e. The zero-order valence-corrected chi connectivity index (χ0v) is 36.4. The first kappa shape index (κ1) is 39.8. The van der Waals surface area contributed by atoms with Gasteiger partial charge in [0, 0.05) is 17.0 Å². The summed E-state index contributed by atoms with van der Waals surface area (Å²) in [6, 6.07) is 43.2. The minimum absolute atomic E-state index is 0. The molecular weight excluding hydrogens is 884 g/mol. The van der Waals surface area contributed by atoms with Crippen molar-refractivity contribution >= 4 is 21.9 Å². The van der Waals surface area contributed by atoms with Gasteiger partial charge in [0.25, 0.3) is 6.33 Å². The summed E-state index contributed by atoms with van der Waals surface area (Å²) in [4.78, 5) is 11.4. The Morgan fingerprint density at radius 1 is 0.667 bits per heavy atom. The number of fused-ring (bicyclic) bond motifs is 3. The number of aromatic hydroxyl groups is 1. The van der Waals surface area contributed by atoms with Crippen LogP contribution in [0, 0.1) is 12.4 Å². The number of phenolic OH excluding ortho intramolecular Hbond substituents is 1. The molecule has 0 aliphatic rings. The first-order valence-corrected chi connectivity index (χ1v) is 19.3. The summed E-state index contributed by atoms with van der Waals surface area (Å²) in [5.74, 6) is 0.717. The second-order valence-electron chi connectivity index (χ2n) is 17.8. The molecule has 0 amide bonds. The molecule has 5 aromatic carbocycles. The van der Waals surface area contributed by atoms with E-state index >= 15 is 0 Å².